The van der Waals surface area contributed by atoms with E-state index in [1.54, 1.807) is 12.0 Å². The third-order valence-corrected chi connectivity index (χ3v) is 4.93. The lowest BCUT2D eigenvalue weighted by atomic mass is 10.2. The van der Waals surface area contributed by atoms with Crippen LogP contribution in [0.5, 0.6) is 5.75 Å². The summed E-state index contributed by atoms with van der Waals surface area (Å²) in [6, 6.07) is 7.81. The van der Waals surface area contributed by atoms with Gasteiger partial charge >= 0.3 is 6.09 Å². The summed E-state index contributed by atoms with van der Waals surface area (Å²) in [5.74, 6) is 1.17. The van der Waals surface area contributed by atoms with E-state index in [1.807, 2.05) is 53.8 Å². The first kappa shape index (κ1) is 20.0. The van der Waals surface area contributed by atoms with Crippen molar-refractivity contribution >= 4 is 22.9 Å². The fourth-order valence-electron chi connectivity index (χ4n) is 3.37. The third kappa shape index (κ3) is 4.77. The van der Waals surface area contributed by atoms with E-state index in [-0.39, 0.29) is 18.5 Å². The number of nitrogens with zero attached hydrogens (tertiary/aromatic N) is 3. The van der Waals surface area contributed by atoms with Crippen molar-refractivity contribution in [1.82, 2.24) is 14.4 Å². The Bertz CT molecular complexity index is 830. The molecule has 2 heterocycles. The summed E-state index contributed by atoms with van der Waals surface area (Å²) in [6.07, 6.45) is 2.40. The lowest BCUT2D eigenvalue weighted by Gasteiger charge is -2.22. The molecule has 28 heavy (non-hydrogen) atoms. The molecule has 0 spiro atoms. The van der Waals surface area contributed by atoms with Crippen molar-refractivity contribution in [3.05, 3.63) is 30.5 Å². The molecule has 1 aliphatic heterocycles. The standard InChI is InChI=1S/C21H29N3O4/c1-16(2)15-28-21(26)23-9-4-8-22(11-12-23)20(25)14-24-10-7-17-13-18(27-3)5-6-19(17)24/h5-7,10,13,16H,4,8-9,11-12,14-15H2,1-3H3. The zero-order valence-corrected chi connectivity index (χ0v) is 16.9. The number of amides is 2. The Hall–Kier alpha value is -2.70. The van der Waals surface area contributed by atoms with E-state index < -0.39 is 0 Å². The average Bonchev–Trinajstić information content (AvgIpc) is 2.91. The summed E-state index contributed by atoms with van der Waals surface area (Å²) >= 11 is 0. The van der Waals surface area contributed by atoms with Gasteiger partial charge in [0.25, 0.3) is 0 Å². The van der Waals surface area contributed by atoms with Gasteiger partial charge in [-0.2, -0.15) is 0 Å². The van der Waals surface area contributed by atoms with Gasteiger partial charge in [0.1, 0.15) is 12.3 Å². The number of hydrogen-bond donors (Lipinski definition) is 0. The van der Waals surface area contributed by atoms with E-state index in [0.29, 0.717) is 38.7 Å². The molecule has 0 saturated carbocycles. The first-order valence-corrected chi connectivity index (χ1v) is 9.80. The summed E-state index contributed by atoms with van der Waals surface area (Å²) in [5, 5.41) is 1.04. The van der Waals surface area contributed by atoms with Crippen LogP contribution in [0.2, 0.25) is 0 Å². The number of carbonyl (C=O) groups excluding carboxylic acids is 2. The summed E-state index contributed by atoms with van der Waals surface area (Å²) in [7, 11) is 1.64. The van der Waals surface area contributed by atoms with Gasteiger partial charge < -0.3 is 23.8 Å². The van der Waals surface area contributed by atoms with Crippen LogP contribution in [-0.2, 0) is 16.1 Å². The van der Waals surface area contributed by atoms with Crippen molar-refractivity contribution in [2.24, 2.45) is 5.92 Å². The maximum Gasteiger partial charge on any atom is 0.409 e. The molecule has 0 bridgehead atoms. The Morgan fingerprint density at radius 1 is 1.07 bits per heavy atom. The Labute approximate surface area is 165 Å². The molecule has 2 aromatic rings. The SMILES string of the molecule is COc1ccc2c(ccn2CC(=O)N2CCCN(C(=O)OCC(C)C)CC2)c1. The minimum Gasteiger partial charge on any atom is -0.497 e. The van der Waals surface area contributed by atoms with E-state index in [0.717, 1.165) is 23.1 Å². The molecule has 0 aliphatic carbocycles. The number of benzene rings is 1. The van der Waals surface area contributed by atoms with Crippen molar-refractivity contribution < 1.29 is 19.1 Å². The molecular weight excluding hydrogens is 358 g/mol. The number of fused-ring (bicyclic) bond motifs is 1. The van der Waals surface area contributed by atoms with Crippen LogP contribution in [0.25, 0.3) is 10.9 Å². The molecule has 0 unspecified atom stereocenters. The topological polar surface area (TPSA) is 64.0 Å². The third-order valence-electron chi connectivity index (χ3n) is 4.93. The number of carbonyl (C=O) groups is 2. The molecule has 7 nitrogen and oxygen atoms in total. The molecule has 0 radical (unpaired) electrons. The van der Waals surface area contributed by atoms with E-state index in [1.165, 1.54) is 0 Å². The Morgan fingerprint density at radius 3 is 2.57 bits per heavy atom. The van der Waals surface area contributed by atoms with Crippen molar-refractivity contribution in [2.45, 2.75) is 26.8 Å². The van der Waals surface area contributed by atoms with Crippen LogP contribution in [0.15, 0.2) is 30.5 Å². The average molecular weight is 387 g/mol. The smallest absolute Gasteiger partial charge is 0.409 e. The van der Waals surface area contributed by atoms with E-state index in [9.17, 15) is 9.59 Å². The van der Waals surface area contributed by atoms with Gasteiger partial charge in [-0.05, 0) is 36.6 Å². The monoisotopic (exact) mass is 387 g/mol. The highest BCUT2D eigenvalue weighted by molar-refractivity contribution is 5.84. The molecule has 1 saturated heterocycles. The highest BCUT2D eigenvalue weighted by Gasteiger charge is 2.23. The minimum absolute atomic E-state index is 0.0608. The first-order valence-electron chi connectivity index (χ1n) is 9.80. The van der Waals surface area contributed by atoms with Gasteiger partial charge in [-0.25, -0.2) is 4.79 Å². The van der Waals surface area contributed by atoms with Gasteiger partial charge in [-0.1, -0.05) is 13.8 Å². The van der Waals surface area contributed by atoms with E-state index in [4.69, 9.17) is 9.47 Å². The number of methoxy groups -OCH3 is 1. The molecule has 3 rings (SSSR count). The highest BCUT2D eigenvalue weighted by Crippen LogP contribution is 2.22. The van der Waals surface area contributed by atoms with Crippen LogP contribution < -0.4 is 4.74 Å². The van der Waals surface area contributed by atoms with Crippen LogP contribution in [0.3, 0.4) is 0 Å². The van der Waals surface area contributed by atoms with Crippen molar-refractivity contribution in [2.75, 3.05) is 39.9 Å². The molecule has 2 amide bonds. The maximum atomic E-state index is 12.8. The zero-order chi connectivity index (χ0) is 20.1. The minimum atomic E-state index is -0.284. The second kappa shape index (κ2) is 8.99. The quantitative estimate of drug-likeness (QED) is 0.791. The molecule has 0 N–H and O–H groups in total. The fraction of sp³-hybridized carbons (Fsp3) is 0.524. The summed E-state index contributed by atoms with van der Waals surface area (Å²) in [6.45, 7) is 7.03. The van der Waals surface area contributed by atoms with Crippen LogP contribution in [0.1, 0.15) is 20.3 Å². The fourth-order valence-corrected chi connectivity index (χ4v) is 3.37. The van der Waals surface area contributed by atoms with Gasteiger partial charge in [0, 0.05) is 43.3 Å². The van der Waals surface area contributed by atoms with Crippen molar-refractivity contribution in [3.8, 4) is 5.75 Å². The number of aromatic nitrogens is 1. The zero-order valence-electron chi connectivity index (χ0n) is 16.9. The van der Waals surface area contributed by atoms with Crippen molar-refractivity contribution in [3.63, 3.8) is 0 Å². The lowest BCUT2D eigenvalue weighted by Crippen LogP contribution is -2.39. The van der Waals surface area contributed by atoms with Gasteiger partial charge in [0.15, 0.2) is 0 Å². The first-order chi connectivity index (χ1) is 13.5. The summed E-state index contributed by atoms with van der Waals surface area (Å²) < 4.78 is 12.5. The Morgan fingerprint density at radius 2 is 1.82 bits per heavy atom. The summed E-state index contributed by atoms with van der Waals surface area (Å²) in [4.78, 5) is 28.5. The van der Waals surface area contributed by atoms with Crippen LogP contribution in [-0.4, -0.2) is 66.3 Å². The highest BCUT2D eigenvalue weighted by atomic mass is 16.6. The molecule has 7 heteroatoms. The molecule has 1 aromatic heterocycles. The molecule has 152 valence electrons. The van der Waals surface area contributed by atoms with Gasteiger partial charge in [0.2, 0.25) is 5.91 Å². The summed E-state index contributed by atoms with van der Waals surface area (Å²) in [5.41, 5.74) is 1.00. The van der Waals surface area contributed by atoms with Gasteiger partial charge in [-0.3, -0.25) is 4.79 Å². The predicted octanol–water partition coefficient (Wildman–Crippen LogP) is 2.98. The van der Waals surface area contributed by atoms with Crippen LogP contribution in [0.4, 0.5) is 4.79 Å². The normalized spacial score (nSPS) is 15.0. The Balaban J connectivity index is 1.59. The Kier molecular flexibility index (Phi) is 6.44. The maximum absolute atomic E-state index is 12.8. The van der Waals surface area contributed by atoms with Gasteiger partial charge in [-0.15, -0.1) is 0 Å². The molecular formula is C21H29N3O4. The molecule has 0 atom stereocenters. The van der Waals surface area contributed by atoms with Crippen LogP contribution in [0, 0.1) is 5.92 Å². The predicted molar refractivity (Wildman–Crippen MR) is 107 cm³/mol. The van der Waals surface area contributed by atoms with E-state index in [2.05, 4.69) is 0 Å². The largest absolute Gasteiger partial charge is 0.497 e. The second-order valence-corrected chi connectivity index (χ2v) is 7.56. The lowest BCUT2D eigenvalue weighted by molar-refractivity contribution is -0.131. The van der Waals surface area contributed by atoms with Crippen LogP contribution >= 0.6 is 0 Å². The van der Waals surface area contributed by atoms with E-state index >= 15 is 0 Å². The molecule has 1 aromatic carbocycles. The number of hydrogen-bond acceptors (Lipinski definition) is 4. The molecule has 1 fully saturated rings. The van der Waals surface area contributed by atoms with Gasteiger partial charge in [0.05, 0.1) is 13.7 Å². The second-order valence-electron chi connectivity index (χ2n) is 7.56. The number of ether oxygens (including phenoxy) is 2. The molecule has 1 aliphatic rings. The van der Waals surface area contributed by atoms with Crippen molar-refractivity contribution in [1.29, 1.82) is 0 Å². The number of rotatable bonds is 5.